The van der Waals surface area contributed by atoms with E-state index in [9.17, 15) is 19.5 Å². The minimum atomic E-state index is -0.866. The molecule has 0 aliphatic heterocycles. The number of carbonyl (C=O) groups is 3. The van der Waals surface area contributed by atoms with E-state index in [4.69, 9.17) is 5.73 Å². The molecular weight excluding hydrogens is 318 g/mol. The molecule has 0 heterocycles. The lowest BCUT2D eigenvalue weighted by molar-refractivity contribution is -0.138. The molecule has 0 unspecified atom stereocenters. The molecule has 0 saturated heterocycles. The van der Waals surface area contributed by atoms with E-state index in [2.05, 4.69) is 17.9 Å². The molecular formula is C15H21N3O4S. The third-order valence-electron chi connectivity index (χ3n) is 3.23. The lowest BCUT2D eigenvalue weighted by atomic mass is 10.0. The summed E-state index contributed by atoms with van der Waals surface area (Å²) in [4.78, 5) is 36.1. The van der Waals surface area contributed by atoms with Gasteiger partial charge >= 0.3 is 0 Å². The Kier molecular flexibility index (Phi) is 7.56. The average molecular weight is 339 g/mol. The molecule has 0 spiro atoms. The van der Waals surface area contributed by atoms with E-state index in [1.165, 1.54) is 24.0 Å². The number of thiol groups is 1. The standard InChI is InChI=1S/C15H21N3O4S/c1-10(20)17-9-18(15(22)14(16)8-23)12(7-19)6-11-2-4-13(21)5-3-11/h2-5,7,12,14,21,23H,6,8-9,16H2,1H3,(H,17,20)/t12-,14-/m0/s1. The van der Waals surface area contributed by atoms with E-state index in [0.29, 0.717) is 6.29 Å². The molecule has 2 amide bonds. The molecule has 0 fully saturated rings. The lowest BCUT2D eigenvalue weighted by Crippen LogP contribution is -2.54. The highest BCUT2D eigenvalue weighted by Crippen LogP contribution is 2.13. The van der Waals surface area contributed by atoms with Gasteiger partial charge in [0.25, 0.3) is 0 Å². The van der Waals surface area contributed by atoms with Gasteiger partial charge in [0.15, 0.2) is 0 Å². The number of aldehydes is 1. The highest BCUT2D eigenvalue weighted by Gasteiger charge is 2.27. The average Bonchev–Trinajstić information content (AvgIpc) is 2.54. The van der Waals surface area contributed by atoms with Crippen molar-refractivity contribution >= 4 is 30.7 Å². The zero-order valence-electron chi connectivity index (χ0n) is 12.8. The summed E-state index contributed by atoms with van der Waals surface area (Å²) in [6.07, 6.45) is 0.881. The Labute approximate surface area is 140 Å². The number of nitrogens with two attached hydrogens (primary N) is 1. The predicted octanol–water partition coefficient (Wildman–Crippen LogP) is -0.318. The number of carbonyl (C=O) groups excluding carboxylic acids is 3. The largest absolute Gasteiger partial charge is 0.508 e. The number of rotatable bonds is 8. The number of benzene rings is 1. The third kappa shape index (κ3) is 5.91. The molecule has 4 N–H and O–H groups in total. The number of phenols is 1. The maximum absolute atomic E-state index is 12.3. The molecule has 0 aliphatic rings. The van der Waals surface area contributed by atoms with Crippen LogP contribution in [0.25, 0.3) is 0 Å². The van der Waals surface area contributed by atoms with Crippen molar-refractivity contribution in [3.05, 3.63) is 29.8 Å². The molecule has 8 heteroatoms. The highest BCUT2D eigenvalue weighted by atomic mass is 32.1. The quantitative estimate of drug-likeness (QED) is 0.295. The summed E-state index contributed by atoms with van der Waals surface area (Å²) in [6.45, 7) is 1.20. The summed E-state index contributed by atoms with van der Waals surface area (Å²) in [5, 5.41) is 11.8. The number of hydrogen-bond donors (Lipinski definition) is 4. The summed E-state index contributed by atoms with van der Waals surface area (Å²) < 4.78 is 0. The van der Waals surface area contributed by atoms with Gasteiger partial charge in [-0.2, -0.15) is 12.6 Å². The van der Waals surface area contributed by atoms with E-state index in [0.717, 1.165) is 5.56 Å². The van der Waals surface area contributed by atoms with E-state index in [1.54, 1.807) is 12.1 Å². The van der Waals surface area contributed by atoms with Gasteiger partial charge in [-0.25, -0.2) is 0 Å². The van der Waals surface area contributed by atoms with E-state index in [-0.39, 0.29) is 30.5 Å². The van der Waals surface area contributed by atoms with Crippen LogP contribution >= 0.6 is 12.6 Å². The molecule has 1 aromatic carbocycles. The van der Waals surface area contributed by atoms with Crippen LogP contribution in [0.2, 0.25) is 0 Å². The smallest absolute Gasteiger partial charge is 0.242 e. The van der Waals surface area contributed by atoms with Gasteiger partial charge in [-0.1, -0.05) is 12.1 Å². The fourth-order valence-corrected chi connectivity index (χ4v) is 2.11. The number of nitrogens with zero attached hydrogens (tertiary/aromatic N) is 1. The molecule has 0 saturated carbocycles. The van der Waals surface area contributed by atoms with Crippen molar-refractivity contribution in [2.75, 3.05) is 12.4 Å². The van der Waals surface area contributed by atoms with Gasteiger partial charge in [0, 0.05) is 12.7 Å². The summed E-state index contributed by atoms with van der Waals surface area (Å²) >= 11 is 3.99. The van der Waals surface area contributed by atoms with Crippen molar-refractivity contribution in [3.63, 3.8) is 0 Å². The number of amides is 2. The monoisotopic (exact) mass is 339 g/mol. The number of hydrogen-bond acceptors (Lipinski definition) is 6. The molecule has 23 heavy (non-hydrogen) atoms. The SMILES string of the molecule is CC(=O)NCN(C(=O)[C@@H](N)CS)[C@H](C=O)Cc1ccc(O)cc1. The van der Waals surface area contributed by atoms with Crippen LogP contribution in [0, 0.1) is 0 Å². The Hall–Kier alpha value is -2.06. The Balaban J connectivity index is 2.94. The van der Waals surface area contributed by atoms with Crippen LogP contribution in [0.5, 0.6) is 5.75 Å². The summed E-state index contributed by atoms with van der Waals surface area (Å²) in [6, 6.07) is 4.66. The van der Waals surface area contributed by atoms with E-state index < -0.39 is 18.0 Å². The normalized spacial score (nSPS) is 13.0. The Bertz CT molecular complexity index is 550. The summed E-state index contributed by atoms with van der Waals surface area (Å²) in [5.41, 5.74) is 6.46. The van der Waals surface area contributed by atoms with Gasteiger partial charge in [-0.3, -0.25) is 9.59 Å². The zero-order valence-corrected chi connectivity index (χ0v) is 13.7. The minimum absolute atomic E-state index is 0.111. The second-order valence-corrected chi connectivity index (χ2v) is 5.43. The van der Waals surface area contributed by atoms with Crippen molar-refractivity contribution < 1.29 is 19.5 Å². The van der Waals surface area contributed by atoms with Crippen molar-refractivity contribution in [2.24, 2.45) is 5.73 Å². The van der Waals surface area contributed by atoms with Crippen LogP contribution in [-0.2, 0) is 20.8 Å². The fraction of sp³-hybridized carbons (Fsp3) is 0.400. The Morgan fingerprint density at radius 3 is 2.48 bits per heavy atom. The topological polar surface area (TPSA) is 113 Å². The Morgan fingerprint density at radius 1 is 1.39 bits per heavy atom. The third-order valence-corrected chi connectivity index (χ3v) is 3.63. The second kappa shape index (κ2) is 9.16. The first-order chi connectivity index (χ1) is 10.9. The van der Waals surface area contributed by atoms with Crippen LogP contribution in [0.1, 0.15) is 12.5 Å². The van der Waals surface area contributed by atoms with Crippen LogP contribution in [0.15, 0.2) is 24.3 Å². The number of aromatic hydroxyl groups is 1. The summed E-state index contributed by atoms with van der Waals surface area (Å²) in [5.74, 6) is -0.555. The maximum atomic E-state index is 12.3. The van der Waals surface area contributed by atoms with Crippen molar-refractivity contribution in [1.82, 2.24) is 10.2 Å². The fourth-order valence-electron chi connectivity index (χ4n) is 1.95. The minimum Gasteiger partial charge on any atom is -0.508 e. The van der Waals surface area contributed by atoms with Gasteiger partial charge in [-0.15, -0.1) is 0 Å². The first-order valence-corrected chi connectivity index (χ1v) is 7.66. The molecule has 0 bridgehead atoms. The lowest BCUT2D eigenvalue weighted by Gasteiger charge is -2.30. The van der Waals surface area contributed by atoms with Crippen LogP contribution in [-0.4, -0.2) is 52.6 Å². The molecule has 1 rings (SSSR count). The molecule has 7 nitrogen and oxygen atoms in total. The predicted molar refractivity (Wildman–Crippen MR) is 89.0 cm³/mol. The Morgan fingerprint density at radius 2 is 2.00 bits per heavy atom. The van der Waals surface area contributed by atoms with E-state index >= 15 is 0 Å². The van der Waals surface area contributed by atoms with E-state index in [1.807, 2.05) is 0 Å². The molecule has 0 radical (unpaired) electrons. The molecule has 1 aromatic rings. The number of nitrogens with one attached hydrogen (secondary N) is 1. The molecule has 0 aromatic heterocycles. The molecule has 2 atom stereocenters. The zero-order chi connectivity index (χ0) is 17.4. The van der Waals surface area contributed by atoms with Crippen molar-refractivity contribution in [3.8, 4) is 5.75 Å². The highest BCUT2D eigenvalue weighted by molar-refractivity contribution is 7.80. The maximum Gasteiger partial charge on any atom is 0.242 e. The van der Waals surface area contributed by atoms with Gasteiger partial charge in [-0.05, 0) is 24.1 Å². The van der Waals surface area contributed by atoms with Gasteiger partial charge < -0.3 is 25.9 Å². The van der Waals surface area contributed by atoms with Crippen LogP contribution < -0.4 is 11.1 Å². The molecule has 126 valence electrons. The summed E-state index contributed by atoms with van der Waals surface area (Å²) in [7, 11) is 0. The molecule has 0 aliphatic carbocycles. The van der Waals surface area contributed by atoms with Crippen molar-refractivity contribution in [1.29, 1.82) is 0 Å². The van der Waals surface area contributed by atoms with Gasteiger partial charge in [0.1, 0.15) is 12.0 Å². The second-order valence-electron chi connectivity index (χ2n) is 5.06. The van der Waals surface area contributed by atoms with Crippen LogP contribution in [0.4, 0.5) is 0 Å². The first kappa shape index (κ1) is 19.0. The number of phenolic OH excluding ortho intramolecular Hbond substituents is 1. The first-order valence-electron chi connectivity index (χ1n) is 7.03. The van der Waals surface area contributed by atoms with Gasteiger partial charge in [0.2, 0.25) is 11.8 Å². The van der Waals surface area contributed by atoms with Gasteiger partial charge in [0.05, 0.1) is 18.8 Å². The van der Waals surface area contributed by atoms with Crippen LogP contribution in [0.3, 0.4) is 0 Å². The van der Waals surface area contributed by atoms with Crippen molar-refractivity contribution in [2.45, 2.75) is 25.4 Å².